The fourth-order valence-corrected chi connectivity index (χ4v) is 5.65. The molecule has 0 spiro atoms. The molecule has 1 unspecified atom stereocenters. The highest BCUT2D eigenvalue weighted by atomic mass is 32.5. The van der Waals surface area contributed by atoms with Gasteiger partial charge in [0, 0.05) is 5.39 Å². The first-order valence-electron chi connectivity index (χ1n) is 12.2. The molecular formula is C27H27F6NO4S. The number of amides is 1. The lowest BCUT2D eigenvalue weighted by molar-refractivity contribution is -0.143. The van der Waals surface area contributed by atoms with Crippen molar-refractivity contribution in [2.24, 2.45) is 5.41 Å². The number of fused-ring (bicyclic) bond motifs is 1. The fourth-order valence-electron chi connectivity index (χ4n) is 5.00. The Kier molecular flexibility index (Phi) is 6.86. The lowest BCUT2D eigenvalue weighted by Gasteiger charge is -2.40. The van der Waals surface area contributed by atoms with Crippen LogP contribution in [0.4, 0.5) is 23.8 Å². The van der Waals surface area contributed by atoms with Crippen LogP contribution >= 0.6 is 10.2 Å². The second-order valence-corrected chi connectivity index (χ2v) is 12.6. The zero-order valence-corrected chi connectivity index (χ0v) is 21.7. The van der Waals surface area contributed by atoms with Crippen LogP contribution in [0.25, 0.3) is 10.8 Å². The molecule has 2 N–H and O–H groups in total. The molecule has 0 aliphatic heterocycles. The minimum atomic E-state index is -9.85. The van der Waals surface area contributed by atoms with E-state index >= 15 is 0 Å². The van der Waals surface area contributed by atoms with Gasteiger partial charge in [-0.3, -0.25) is 4.79 Å². The monoisotopic (exact) mass is 575 g/mol. The molecule has 0 bridgehead atoms. The Hall–Kier alpha value is -3.41. The van der Waals surface area contributed by atoms with Crippen LogP contribution in [-0.2, 0) is 11.4 Å². The van der Waals surface area contributed by atoms with E-state index in [1.165, 1.54) is 24.3 Å². The molecule has 39 heavy (non-hydrogen) atoms. The molecule has 1 saturated carbocycles. The van der Waals surface area contributed by atoms with E-state index in [0.717, 1.165) is 37.5 Å². The Morgan fingerprint density at radius 3 is 2.21 bits per heavy atom. The van der Waals surface area contributed by atoms with Crippen molar-refractivity contribution in [1.29, 1.82) is 0 Å². The quantitative estimate of drug-likeness (QED) is 0.265. The predicted molar refractivity (Wildman–Crippen MR) is 136 cm³/mol. The van der Waals surface area contributed by atoms with Gasteiger partial charge in [-0.2, -0.15) is 0 Å². The Morgan fingerprint density at radius 2 is 1.62 bits per heavy atom. The number of carbonyl (C=O) groups excluding carboxylic acids is 1. The van der Waals surface area contributed by atoms with E-state index in [-0.39, 0.29) is 29.0 Å². The topological polar surface area (TPSA) is 75.6 Å². The van der Waals surface area contributed by atoms with Crippen LogP contribution < -0.4 is 10.1 Å². The van der Waals surface area contributed by atoms with E-state index in [4.69, 9.17) is 4.74 Å². The summed E-state index contributed by atoms with van der Waals surface area (Å²) < 4.78 is 84.9. The van der Waals surface area contributed by atoms with Crippen molar-refractivity contribution < 1.29 is 43.3 Å². The summed E-state index contributed by atoms with van der Waals surface area (Å²) in [4.78, 5) is 23.5. The van der Waals surface area contributed by atoms with Gasteiger partial charge in [-0.05, 0) is 65.6 Å². The molecule has 1 fully saturated rings. The van der Waals surface area contributed by atoms with E-state index in [1.807, 2.05) is 6.92 Å². The van der Waals surface area contributed by atoms with Crippen LogP contribution in [0.5, 0.6) is 5.75 Å². The molecule has 0 heterocycles. The summed E-state index contributed by atoms with van der Waals surface area (Å²) in [6.07, 6.45) is 3.84. The van der Waals surface area contributed by atoms with Crippen molar-refractivity contribution in [1.82, 2.24) is 5.32 Å². The number of rotatable bonds is 8. The van der Waals surface area contributed by atoms with Gasteiger partial charge in [-0.1, -0.05) is 63.8 Å². The normalized spacial score (nSPS) is 18.0. The zero-order chi connectivity index (χ0) is 28.7. The molecule has 3 aromatic rings. The molecule has 0 saturated heterocycles. The third-order valence-electron chi connectivity index (χ3n) is 7.14. The Balaban J connectivity index is 1.66. The van der Waals surface area contributed by atoms with Crippen molar-refractivity contribution in [3.63, 3.8) is 0 Å². The molecular weight excluding hydrogens is 548 g/mol. The van der Waals surface area contributed by atoms with Gasteiger partial charge in [0.2, 0.25) is 0 Å². The van der Waals surface area contributed by atoms with Gasteiger partial charge < -0.3 is 15.2 Å². The number of benzene rings is 3. The standard InChI is InChI=1S/C27H27F6NO4S/c1-27(13-3-2-4-14-27)24(26(36)37)34-25(35)22-11-7-18-15-19(28)8-12-21(18)23(22)38-16-17-5-9-20(10-6-17)39(29,30,31,32)33/h5-12,15,24H,2-4,13-14,16H2,1H3,(H,34,35)(H,36,37). The number of carbonyl (C=O) groups is 2. The van der Waals surface area contributed by atoms with Crippen LogP contribution in [0.2, 0.25) is 0 Å². The maximum absolute atomic E-state index is 13.8. The Bertz CT molecular complexity index is 1420. The van der Waals surface area contributed by atoms with Gasteiger partial charge >= 0.3 is 16.2 Å². The van der Waals surface area contributed by atoms with Crippen LogP contribution in [0.3, 0.4) is 0 Å². The summed E-state index contributed by atoms with van der Waals surface area (Å²) in [7, 11) is -9.85. The molecule has 0 aromatic heterocycles. The highest BCUT2D eigenvalue weighted by Gasteiger charge is 2.65. The van der Waals surface area contributed by atoms with Gasteiger partial charge in [0.15, 0.2) is 0 Å². The number of hydrogen-bond acceptors (Lipinski definition) is 3. The Morgan fingerprint density at radius 1 is 0.974 bits per heavy atom. The summed E-state index contributed by atoms with van der Waals surface area (Å²) in [5.74, 6) is -2.57. The average molecular weight is 576 g/mol. The largest absolute Gasteiger partial charge is 0.487 e. The third-order valence-corrected chi connectivity index (χ3v) is 8.31. The number of nitrogens with one attached hydrogen (secondary N) is 1. The van der Waals surface area contributed by atoms with Crippen LogP contribution in [0.1, 0.15) is 54.9 Å². The molecule has 4 rings (SSSR count). The first kappa shape index (κ1) is 28.6. The van der Waals surface area contributed by atoms with Gasteiger partial charge in [-0.25, -0.2) is 9.18 Å². The Labute approximate surface area is 220 Å². The zero-order valence-electron chi connectivity index (χ0n) is 20.9. The van der Waals surface area contributed by atoms with Gasteiger partial charge in [0.05, 0.1) is 5.56 Å². The number of carboxylic acid groups (broad SMARTS) is 1. The van der Waals surface area contributed by atoms with Crippen molar-refractivity contribution in [3.05, 3.63) is 71.5 Å². The SMILES string of the molecule is CC1(C(NC(=O)c2ccc3cc(F)ccc3c2OCc2ccc(S(F)(F)(F)(F)F)cc2)C(=O)O)CCCCC1. The second-order valence-electron chi connectivity index (χ2n) is 10.2. The van der Waals surface area contributed by atoms with Gasteiger partial charge in [0.1, 0.15) is 29.1 Å². The van der Waals surface area contributed by atoms with Crippen molar-refractivity contribution in [2.45, 2.75) is 56.6 Å². The molecule has 1 amide bonds. The smallest absolute Gasteiger partial charge is 0.326 e. The molecule has 1 atom stereocenters. The molecule has 3 aromatic carbocycles. The summed E-state index contributed by atoms with van der Waals surface area (Å²) in [6, 6.07) is 7.47. The summed E-state index contributed by atoms with van der Waals surface area (Å²) in [5.41, 5.74) is -0.640. The minimum absolute atomic E-state index is 0.0558. The highest BCUT2D eigenvalue weighted by molar-refractivity contribution is 8.45. The number of hydrogen-bond donors (Lipinski definition) is 2. The minimum Gasteiger partial charge on any atom is -0.487 e. The summed E-state index contributed by atoms with van der Waals surface area (Å²) in [5, 5.41) is 13.1. The first-order chi connectivity index (χ1) is 18.0. The van der Waals surface area contributed by atoms with Crippen molar-refractivity contribution in [3.8, 4) is 5.75 Å². The number of aliphatic carboxylic acids is 1. The average Bonchev–Trinajstić information content (AvgIpc) is 2.84. The van der Waals surface area contributed by atoms with E-state index in [2.05, 4.69) is 5.32 Å². The predicted octanol–water partition coefficient (Wildman–Crippen LogP) is 8.37. The van der Waals surface area contributed by atoms with E-state index in [0.29, 0.717) is 23.6 Å². The summed E-state index contributed by atoms with van der Waals surface area (Å²) >= 11 is 0. The van der Waals surface area contributed by atoms with Crippen LogP contribution in [-0.4, -0.2) is 23.0 Å². The molecule has 212 valence electrons. The van der Waals surface area contributed by atoms with Crippen molar-refractivity contribution in [2.75, 3.05) is 0 Å². The maximum Gasteiger partial charge on any atom is 0.326 e. The third kappa shape index (κ3) is 6.43. The van der Waals surface area contributed by atoms with E-state index in [1.54, 1.807) is 0 Å². The van der Waals surface area contributed by atoms with E-state index in [9.17, 15) is 38.5 Å². The fraction of sp³-hybridized carbons (Fsp3) is 0.333. The first-order valence-corrected chi connectivity index (χ1v) is 14.1. The molecule has 12 heteroatoms. The maximum atomic E-state index is 13.8. The lowest BCUT2D eigenvalue weighted by atomic mass is 9.70. The second kappa shape index (κ2) is 9.35. The molecule has 1 aliphatic carbocycles. The van der Waals surface area contributed by atoms with Gasteiger partial charge in [-0.15, -0.1) is 0 Å². The lowest BCUT2D eigenvalue weighted by Crippen LogP contribution is -2.52. The van der Waals surface area contributed by atoms with Gasteiger partial charge in [0.25, 0.3) is 5.91 Å². The van der Waals surface area contributed by atoms with Crippen LogP contribution in [0, 0.1) is 11.2 Å². The number of halogens is 6. The molecule has 0 radical (unpaired) electrons. The molecule has 5 nitrogen and oxygen atoms in total. The summed E-state index contributed by atoms with van der Waals surface area (Å²) in [6.45, 7) is 1.40. The van der Waals surface area contributed by atoms with E-state index < -0.39 is 50.9 Å². The number of ether oxygens (including phenoxy) is 1. The van der Waals surface area contributed by atoms with Crippen LogP contribution in [0.15, 0.2) is 59.5 Å². The van der Waals surface area contributed by atoms with Crippen molar-refractivity contribution >= 4 is 32.9 Å². The highest BCUT2D eigenvalue weighted by Crippen LogP contribution is 3.02. The number of carboxylic acids is 1. The molecule has 1 aliphatic rings.